The number of methoxy groups -OCH3 is 1. The first-order valence-corrected chi connectivity index (χ1v) is 7.56. The Hall–Kier alpha value is -3.02. The second kappa shape index (κ2) is 7.04. The molecule has 3 rings (SSSR count). The smallest absolute Gasteiger partial charge is 0.271 e. The number of rotatable bonds is 4. The minimum absolute atomic E-state index is 0.283. The lowest BCUT2D eigenvalue weighted by molar-refractivity contribution is 0.0955. The van der Waals surface area contributed by atoms with Gasteiger partial charge in [-0.15, -0.1) is 0 Å². The Labute approximate surface area is 140 Å². The molecule has 124 valence electrons. The van der Waals surface area contributed by atoms with Crippen LogP contribution in [0.5, 0.6) is 17.2 Å². The minimum atomic E-state index is -0.283. The molecule has 1 aliphatic rings. The van der Waals surface area contributed by atoms with Crippen molar-refractivity contribution in [2.24, 2.45) is 5.10 Å². The summed E-state index contributed by atoms with van der Waals surface area (Å²) < 4.78 is 16.1. The lowest BCUT2D eigenvalue weighted by Crippen LogP contribution is -2.19. The third kappa shape index (κ3) is 3.48. The lowest BCUT2D eigenvalue weighted by atomic mass is 10.1. The van der Waals surface area contributed by atoms with Crippen molar-refractivity contribution in [1.82, 2.24) is 5.43 Å². The zero-order valence-electron chi connectivity index (χ0n) is 13.5. The molecule has 0 aromatic heterocycles. The summed E-state index contributed by atoms with van der Waals surface area (Å²) in [7, 11) is 1.58. The van der Waals surface area contributed by atoms with Crippen molar-refractivity contribution in [3.8, 4) is 17.2 Å². The molecule has 0 radical (unpaired) electrons. The van der Waals surface area contributed by atoms with Crippen molar-refractivity contribution in [2.45, 2.75) is 6.92 Å². The van der Waals surface area contributed by atoms with E-state index in [1.54, 1.807) is 31.4 Å². The summed E-state index contributed by atoms with van der Waals surface area (Å²) in [5.41, 5.74) is 4.59. The largest absolute Gasteiger partial charge is 0.497 e. The SMILES string of the molecule is COc1ccc(C(=O)N/N=C(/C)c2ccc3c(c2)OCCO3)cc1. The van der Waals surface area contributed by atoms with Crippen LogP contribution in [0.3, 0.4) is 0 Å². The summed E-state index contributed by atoms with van der Waals surface area (Å²) in [6.45, 7) is 2.90. The first kappa shape index (κ1) is 15.9. The van der Waals surface area contributed by atoms with Gasteiger partial charge in [-0.3, -0.25) is 4.79 Å². The highest BCUT2D eigenvalue weighted by atomic mass is 16.6. The van der Waals surface area contributed by atoms with E-state index in [0.717, 1.165) is 11.3 Å². The zero-order chi connectivity index (χ0) is 16.9. The summed E-state index contributed by atoms with van der Waals surface area (Å²) in [6, 6.07) is 12.4. The summed E-state index contributed by atoms with van der Waals surface area (Å²) in [4.78, 5) is 12.1. The first-order chi connectivity index (χ1) is 11.7. The molecule has 0 aliphatic carbocycles. The third-order valence-corrected chi connectivity index (χ3v) is 3.64. The van der Waals surface area contributed by atoms with E-state index >= 15 is 0 Å². The van der Waals surface area contributed by atoms with Crippen LogP contribution in [0.25, 0.3) is 0 Å². The Morgan fingerprint density at radius 2 is 1.71 bits per heavy atom. The highest BCUT2D eigenvalue weighted by Gasteiger charge is 2.13. The second-order valence-electron chi connectivity index (χ2n) is 5.23. The monoisotopic (exact) mass is 326 g/mol. The van der Waals surface area contributed by atoms with Crippen LogP contribution < -0.4 is 19.6 Å². The molecule has 0 unspecified atom stereocenters. The van der Waals surface area contributed by atoms with Crippen molar-refractivity contribution >= 4 is 11.6 Å². The second-order valence-corrected chi connectivity index (χ2v) is 5.23. The Morgan fingerprint density at radius 3 is 2.42 bits per heavy atom. The topological polar surface area (TPSA) is 69.2 Å². The van der Waals surface area contributed by atoms with Gasteiger partial charge in [0.15, 0.2) is 11.5 Å². The van der Waals surface area contributed by atoms with Crippen molar-refractivity contribution in [1.29, 1.82) is 0 Å². The van der Waals surface area contributed by atoms with Gasteiger partial charge in [0, 0.05) is 11.1 Å². The Balaban J connectivity index is 1.70. The van der Waals surface area contributed by atoms with Gasteiger partial charge in [-0.05, 0) is 49.4 Å². The van der Waals surface area contributed by atoms with Crippen LogP contribution in [-0.4, -0.2) is 31.9 Å². The van der Waals surface area contributed by atoms with E-state index in [1.807, 2.05) is 25.1 Å². The number of nitrogens with one attached hydrogen (secondary N) is 1. The molecule has 0 atom stereocenters. The van der Waals surface area contributed by atoms with Crippen LogP contribution in [0.15, 0.2) is 47.6 Å². The number of carbonyl (C=O) groups excluding carboxylic acids is 1. The molecule has 0 spiro atoms. The van der Waals surface area contributed by atoms with E-state index in [2.05, 4.69) is 10.5 Å². The predicted molar refractivity (Wildman–Crippen MR) is 90.1 cm³/mol. The van der Waals surface area contributed by atoms with Gasteiger partial charge < -0.3 is 14.2 Å². The summed E-state index contributed by atoms with van der Waals surface area (Å²) in [5.74, 6) is 1.83. The summed E-state index contributed by atoms with van der Waals surface area (Å²) in [6.07, 6.45) is 0. The van der Waals surface area contributed by atoms with E-state index in [9.17, 15) is 4.79 Å². The van der Waals surface area contributed by atoms with Gasteiger partial charge in [-0.2, -0.15) is 5.10 Å². The molecule has 6 nitrogen and oxygen atoms in total. The predicted octanol–water partition coefficient (Wildman–Crippen LogP) is 2.62. The van der Waals surface area contributed by atoms with Crippen LogP contribution in [0, 0.1) is 0 Å². The molecule has 1 aliphatic heterocycles. The molecule has 0 fully saturated rings. The van der Waals surface area contributed by atoms with Gasteiger partial charge in [0.25, 0.3) is 5.91 Å². The van der Waals surface area contributed by atoms with Gasteiger partial charge >= 0.3 is 0 Å². The number of nitrogens with zero attached hydrogens (tertiary/aromatic N) is 1. The maximum Gasteiger partial charge on any atom is 0.271 e. The van der Waals surface area contributed by atoms with Gasteiger partial charge in [0.1, 0.15) is 19.0 Å². The third-order valence-electron chi connectivity index (χ3n) is 3.64. The van der Waals surface area contributed by atoms with Crippen molar-refractivity contribution in [3.05, 3.63) is 53.6 Å². The zero-order valence-corrected chi connectivity index (χ0v) is 13.5. The molecular formula is C18H18N2O4. The van der Waals surface area contributed by atoms with Gasteiger partial charge in [-0.25, -0.2) is 5.43 Å². The average Bonchev–Trinajstić information content (AvgIpc) is 2.65. The van der Waals surface area contributed by atoms with Crippen LogP contribution in [-0.2, 0) is 0 Å². The molecule has 24 heavy (non-hydrogen) atoms. The lowest BCUT2D eigenvalue weighted by Gasteiger charge is -2.18. The normalized spacial score (nSPS) is 13.3. The standard InChI is InChI=1S/C18H18N2O4/c1-12(14-5-8-16-17(11-14)24-10-9-23-16)19-20-18(21)13-3-6-15(22-2)7-4-13/h3-8,11H,9-10H2,1-2H3,(H,20,21)/b19-12-. The van der Waals surface area contributed by atoms with E-state index in [1.165, 1.54) is 0 Å². The van der Waals surface area contributed by atoms with Crippen LogP contribution in [0.1, 0.15) is 22.8 Å². The maximum atomic E-state index is 12.1. The molecule has 1 heterocycles. The number of hydrazone groups is 1. The highest BCUT2D eigenvalue weighted by molar-refractivity contribution is 6.01. The van der Waals surface area contributed by atoms with Crippen LogP contribution in [0.4, 0.5) is 0 Å². The maximum absolute atomic E-state index is 12.1. The van der Waals surface area contributed by atoms with E-state index in [4.69, 9.17) is 14.2 Å². The Morgan fingerprint density at radius 1 is 1.04 bits per heavy atom. The van der Waals surface area contributed by atoms with E-state index in [-0.39, 0.29) is 5.91 Å². The van der Waals surface area contributed by atoms with E-state index in [0.29, 0.717) is 36.0 Å². The molecule has 0 saturated heterocycles. The fourth-order valence-electron chi connectivity index (χ4n) is 2.27. The van der Waals surface area contributed by atoms with Gasteiger partial charge in [0.05, 0.1) is 12.8 Å². The number of ether oxygens (including phenoxy) is 3. The van der Waals surface area contributed by atoms with Gasteiger partial charge in [0.2, 0.25) is 0 Å². The highest BCUT2D eigenvalue weighted by Crippen LogP contribution is 2.30. The molecule has 0 saturated carbocycles. The van der Waals surface area contributed by atoms with Crippen molar-refractivity contribution < 1.29 is 19.0 Å². The van der Waals surface area contributed by atoms with Crippen LogP contribution in [0.2, 0.25) is 0 Å². The molecular weight excluding hydrogens is 308 g/mol. The molecule has 6 heteroatoms. The molecule has 1 N–H and O–H groups in total. The van der Waals surface area contributed by atoms with Crippen LogP contribution >= 0.6 is 0 Å². The molecule has 0 bridgehead atoms. The minimum Gasteiger partial charge on any atom is -0.497 e. The van der Waals surface area contributed by atoms with Crippen molar-refractivity contribution in [2.75, 3.05) is 20.3 Å². The molecule has 1 amide bonds. The molecule has 2 aromatic carbocycles. The fraction of sp³-hybridized carbons (Fsp3) is 0.222. The number of benzene rings is 2. The van der Waals surface area contributed by atoms with E-state index < -0.39 is 0 Å². The number of amides is 1. The average molecular weight is 326 g/mol. The Kier molecular flexibility index (Phi) is 4.65. The summed E-state index contributed by atoms with van der Waals surface area (Å²) >= 11 is 0. The first-order valence-electron chi connectivity index (χ1n) is 7.56. The number of carbonyl (C=O) groups is 1. The molecule has 2 aromatic rings. The number of hydrogen-bond acceptors (Lipinski definition) is 5. The van der Waals surface area contributed by atoms with Gasteiger partial charge in [-0.1, -0.05) is 0 Å². The summed E-state index contributed by atoms with van der Waals surface area (Å²) in [5, 5.41) is 4.15. The fourth-order valence-corrected chi connectivity index (χ4v) is 2.27. The Bertz CT molecular complexity index is 769. The number of fused-ring (bicyclic) bond motifs is 1. The van der Waals surface area contributed by atoms with Crippen molar-refractivity contribution in [3.63, 3.8) is 0 Å². The number of hydrogen-bond donors (Lipinski definition) is 1. The quantitative estimate of drug-likeness (QED) is 0.693.